The highest BCUT2D eigenvalue weighted by atomic mass is 16.4. The minimum Gasteiger partial charge on any atom is -0.480 e. The number of aliphatic carboxylic acids is 1. The number of amides is 2. The number of carbonyl (C=O) groups excluding carboxylic acids is 1. The Kier molecular flexibility index (Phi) is 6.08. The molecule has 1 aliphatic heterocycles. The number of nitrogens with one attached hydrogen (secondary N) is 2. The maximum atomic E-state index is 11.7. The van der Waals surface area contributed by atoms with Crippen LogP contribution in [0.5, 0.6) is 0 Å². The Morgan fingerprint density at radius 1 is 1.32 bits per heavy atom. The second-order valence-corrected chi connectivity index (χ2v) is 5.32. The first-order chi connectivity index (χ1) is 8.98. The molecule has 6 heteroatoms. The summed E-state index contributed by atoms with van der Waals surface area (Å²) in [7, 11) is 0. The molecule has 0 aromatic heterocycles. The Hall–Kier alpha value is -1.30. The van der Waals surface area contributed by atoms with Crippen molar-refractivity contribution in [3.8, 4) is 0 Å². The number of carboxylic acids is 1. The Morgan fingerprint density at radius 2 is 1.95 bits per heavy atom. The van der Waals surface area contributed by atoms with E-state index in [-0.39, 0.29) is 0 Å². The lowest BCUT2D eigenvalue weighted by molar-refractivity contribution is -0.144. The van der Waals surface area contributed by atoms with Gasteiger partial charge < -0.3 is 20.6 Å². The summed E-state index contributed by atoms with van der Waals surface area (Å²) in [5.74, 6) is -0.996. The molecule has 1 fully saturated rings. The zero-order chi connectivity index (χ0) is 14.3. The fraction of sp³-hybridized carbons (Fsp3) is 0.846. The van der Waals surface area contributed by atoms with E-state index in [2.05, 4.69) is 15.5 Å². The lowest BCUT2D eigenvalue weighted by Gasteiger charge is -2.26. The second-order valence-electron chi connectivity index (χ2n) is 5.32. The third-order valence-corrected chi connectivity index (χ3v) is 3.52. The molecular formula is C13H25N3O3. The van der Waals surface area contributed by atoms with Crippen LogP contribution in [0.25, 0.3) is 0 Å². The number of hydrogen-bond donors (Lipinski definition) is 3. The van der Waals surface area contributed by atoms with Crippen molar-refractivity contribution in [3.05, 3.63) is 0 Å². The molecular weight excluding hydrogens is 246 g/mol. The third-order valence-electron chi connectivity index (χ3n) is 3.52. The molecule has 1 unspecified atom stereocenters. The van der Waals surface area contributed by atoms with Gasteiger partial charge in [-0.3, -0.25) is 0 Å². The van der Waals surface area contributed by atoms with Crippen LogP contribution in [0.4, 0.5) is 4.79 Å². The van der Waals surface area contributed by atoms with E-state index >= 15 is 0 Å². The summed E-state index contributed by atoms with van der Waals surface area (Å²) in [6.07, 6.45) is 3.57. The van der Waals surface area contributed by atoms with E-state index in [4.69, 9.17) is 5.11 Å². The van der Waals surface area contributed by atoms with E-state index in [9.17, 15) is 9.59 Å². The lowest BCUT2D eigenvalue weighted by atomic mass is 9.97. The van der Waals surface area contributed by atoms with Crippen molar-refractivity contribution in [2.75, 3.05) is 26.2 Å². The number of rotatable bonds is 7. The van der Waals surface area contributed by atoms with Crippen LogP contribution in [-0.2, 0) is 4.79 Å². The van der Waals surface area contributed by atoms with Crippen molar-refractivity contribution in [3.63, 3.8) is 0 Å². The molecule has 0 aromatic carbocycles. The van der Waals surface area contributed by atoms with Gasteiger partial charge >= 0.3 is 12.0 Å². The topological polar surface area (TPSA) is 81.7 Å². The van der Waals surface area contributed by atoms with E-state index in [1.165, 1.54) is 12.8 Å². The third kappa shape index (κ3) is 5.06. The average molecular weight is 271 g/mol. The van der Waals surface area contributed by atoms with E-state index in [1.54, 1.807) is 6.92 Å². The molecule has 0 spiro atoms. The van der Waals surface area contributed by atoms with E-state index in [0.717, 1.165) is 19.6 Å². The van der Waals surface area contributed by atoms with Crippen LogP contribution in [0.3, 0.4) is 0 Å². The number of likely N-dealkylation sites (tertiary alicyclic amines) is 1. The molecule has 2 amide bonds. The maximum Gasteiger partial charge on any atom is 0.329 e. The summed E-state index contributed by atoms with van der Waals surface area (Å²) >= 11 is 0. The van der Waals surface area contributed by atoms with Gasteiger partial charge in [0.25, 0.3) is 0 Å². The van der Waals surface area contributed by atoms with Gasteiger partial charge in [-0.15, -0.1) is 0 Å². The Balaban J connectivity index is 2.29. The largest absolute Gasteiger partial charge is 0.480 e. The molecule has 0 aliphatic carbocycles. The SMILES string of the molecule is CCCC(C)(NC(=O)NCCN1CCCC1)C(=O)O. The minimum absolute atomic E-state index is 0.405. The first-order valence-corrected chi connectivity index (χ1v) is 6.99. The van der Waals surface area contributed by atoms with Crippen LogP contribution < -0.4 is 10.6 Å². The molecule has 6 nitrogen and oxygen atoms in total. The Bertz CT molecular complexity index is 316. The van der Waals surface area contributed by atoms with E-state index in [0.29, 0.717) is 19.4 Å². The predicted octanol–water partition coefficient (Wildman–Crippen LogP) is 1.02. The highest BCUT2D eigenvalue weighted by molar-refractivity contribution is 5.85. The molecule has 0 bridgehead atoms. The Labute approximate surface area is 114 Å². The molecule has 1 heterocycles. The fourth-order valence-electron chi connectivity index (χ4n) is 2.35. The molecule has 0 saturated carbocycles. The van der Waals surface area contributed by atoms with Crippen molar-refractivity contribution in [2.45, 2.75) is 45.1 Å². The first-order valence-electron chi connectivity index (χ1n) is 6.99. The van der Waals surface area contributed by atoms with Gasteiger partial charge in [0.1, 0.15) is 5.54 Å². The number of nitrogens with zero attached hydrogens (tertiary/aromatic N) is 1. The molecule has 0 aromatic rings. The van der Waals surface area contributed by atoms with Crippen LogP contribution in [-0.4, -0.2) is 53.7 Å². The Morgan fingerprint density at radius 3 is 2.47 bits per heavy atom. The summed E-state index contributed by atoms with van der Waals surface area (Å²) < 4.78 is 0. The molecule has 1 saturated heterocycles. The quantitative estimate of drug-likeness (QED) is 0.646. The molecule has 19 heavy (non-hydrogen) atoms. The minimum atomic E-state index is -1.19. The van der Waals surface area contributed by atoms with Crippen molar-refractivity contribution in [1.29, 1.82) is 0 Å². The number of hydrogen-bond acceptors (Lipinski definition) is 3. The summed E-state index contributed by atoms with van der Waals surface area (Å²) in [6, 6.07) is -0.405. The zero-order valence-electron chi connectivity index (χ0n) is 11.9. The van der Waals surface area contributed by atoms with Crippen LogP contribution in [0.1, 0.15) is 39.5 Å². The standard InChI is InChI=1S/C13H25N3O3/c1-3-6-13(2,11(17)18)15-12(19)14-7-10-16-8-4-5-9-16/h3-10H2,1-2H3,(H,17,18)(H2,14,15,19). The second kappa shape index (κ2) is 7.33. The summed E-state index contributed by atoms with van der Waals surface area (Å²) in [6.45, 7) is 6.99. The smallest absolute Gasteiger partial charge is 0.329 e. The van der Waals surface area contributed by atoms with Gasteiger partial charge in [-0.05, 0) is 39.3 Å². The number of urea groups is 1. The molecule has 1 aliphatic rings. The van der Waals surface area contributed by atoms with Gasteiger partial charge in [-0.2, -0.15) is 0 Å². The van der Waals surface area contributed by atoms with Gasteiger partial charge in [-0.25, -0.2) is 9.59 Å². The van der Waals surface area contributed by atoms with Crippen LogP contribution in [0, 0.1) is 0 Å². The van der Waals surface area contributed by atoms with Crippen molar-refractivity contribution < 1.29 is 14.7 Å². The fourth-order valence-corrected chi connectivity index (χ4v) is 2.35. The summed E-state index contributed by atoms with van der Waals surface area (Å²) in [4.78, 5) is 25.2. The summed E-state index contributed by atoms with van der Waals surface area (Å²) in [5.41, 5.74) is -1.19. The average Bonchev–Trinajstić information content (AvgIpc) is 2.82. The van der Waals surface area contributed by atoms with Gasteiger partial charge in [-0.1, -0.05) is 13.3 Å². The van der Waals surface area contributed by atoms with Gasteiger partial charge in [0, 0.05) is 13.1 Å². The number of carbonyl (C=O) groups is 2. The van der Waals surface area contributed by atoms with Gasteiger partial charge in [0.05, 0.1) is 0 Å². The first kappa shape index (κ1) is 15.8. The normalized spacial score (nSPS) is 18.8. The summed E-state index contributed by atoms with van der Waals surface area (Å²) in [5, 5.41) is 14.4. The van der Waals surface area contributed by atoms with Crippen molar-refractivity contribution in [1.82, 2.24) is 15.5 Å². The molecule has 1 atom stereocenters. The monoisotopic (exact) mass is 271 g/mol. The zero-order valence-corrected chi connectivity index (χ0v) is 11.9. The van der Waals surface area contributed by atoms with Gasteiger partial charge in [0.15, 0.2) is 0 Å². The molecule has 0 radical (unpaired) electrons. The molecule has 3 N–H and O–H groups in total. The van der Waals surface area contributed by atoms with Crippen LogP contribution in [0.2, 0.25) is 0 Å². The van der Waals surface area contributed by atoms with E-state index < -0.39 is 17.5 Å². The predicted molar refractivity (Wildman–Crippen MR) is 73.2 cm³/mol. The number of carboxylic acid groups (broad SMARTS) is 1. The van der Waals surface area contributed by atoms with Crippen molar-refractivity contribution in [2.24, 2.45) is 0 Å². The highest BCUT2D eigenvalue weighted by Crippen LogP contribution is 2.12. The maximum absolute atomic E-state index is 11.7. The van der Waals surface area contributed by atoms with E-state index in [1.807, 2.05) is 6.92 Å². The lowest BCUT2D eigenvalue weighted by Crippen LogP contribution is -2.55. The highest BCUT2D eigenvalue weighted by Gasteiger charge is 2.33. The van der Waals surface area contributed by atoms with Gasteiger partial charge in [0.2, 0.25) is 0 Å². The van der Waals surface area contributed by atoms with Crippen LogP contribution >= 0.6 is 0 Å². The van der Waals surface area contributed by atoms with Crippen molar-refractivity contribution >= 4 is 12.0 Å². The molecule has 110 valence electrons. The van der Waals surface area contributed by atoms with Crippen LogP contribution in [0.15, 0.2) is 0 Å². The molecule has 1 rings (SSSR count).